The molecule has 82 valence electrons. The van der Waals surface area contributed by atoms with Crippen molar-refractivity contribution in [1.29, 1.82) is 10.5 Å². The molecule has 3 nitrogen and oxygen atoms in total. The summed E-state index contributed by atoms with van der Waals surface area (Å²) < 4.78 is 25.2. The lowest BCUT2D eigenvalue weighted by Gasteiger charge is -2.08. The van der Waals surface area contributed by atoms with Gasteiger partial charge in [0.15, 0.2) is 0 Å². The fourth-order valence-electron chi connectivity index (χ4n) is 1.21. The molecule has 0 aliphatic carbocycles. The second-order valence-corrected chi connectivity index (χ2v) is 3.18. The topological polar surface area (TPSA) is 60.5 Å². The Kier molecular flexibility index (Phi) is 4.16. The van der Waals surface area contributed by atoms with E-state index in [1.54, 1.807) is 12.1 Å². The van der Waals surface area contributed by atoms with Crippen LogP contribution in [0.25, 0.3) is 0 Å². The number of hydrogen-bond donors (Lipinski definition) is 0. The van der Waals surface area contributed by atoms with Crippen LogP contribution < -0.4 is 0 Å². The Hall–Kier alpha value is -1.72. The second-order valence-electron chi connectivity index (χ2n) is 2.91. The second kappa shape index (κ2) is 5.39. The molecule has 0 aliphatic heterocycles. The summed E-state index contributed by atoms with van der Waals surface area (Å²) >= 11 is 5.49. The fraction of sp³-hybridized carbons (Fsp3) is 0.300. The highest BCUT2D eigenvalue weighted by atomic mass is 35.5. The van der Waals surface area contributed by atoms with E-state index in [4.69, 9.17) is 22.1 Å². The highest BCUT2D eigenvalue weighted by Crippen LogP contribution is 2.24. The molecule has 0 N–H and O–H groups in total. The van der Waals surface area contributed by atoms with Gasteiger partial charge in [-0.3, -0.25) is 0 Å². The Balaban J connectivity index is 3.37. The van der Waals surface area contributed by atoms with Gasteiger partial charge >= 0.3 is 0 Å². The van der Waals surface area contributed by atoms with Crippen LogP contribution in [0, 0.1) is 22.7 Å². The lowest BCUT2D eigenvalue weighted by atomic mass is 10.1. The number of alkyl halides is 3. The van der Waals surface area contributed by atoms with Crippen molar-refractivity contribution in [2.45, 2.75) is 18.7 Å². The third-order valence-electron chi connectivity index (χ3n) is 1.93. The number of halogens is 3. The highest BCUT2D eigenvalue weighted by Gasteiger charge is 2.18. The molecule has 0 spiro atoms. The number of nitriles is 2. The van der Waals surface area contributed by atoms with Crippen molar-refractivity contribution in [2.24, 2.45) is 0 Å². The van der Waals surface area contributed by atoms with E-state index < -0.39 is 12.1 Å². The molecule has 0 amide bonds. The zero-order valence-electron chi connectivity index (χ0n) is 8.04. The van der Waals surface area contributed by atoms with E-state index in [-0.39, 0.29) is 29.1 Å². The monoisotopic (exact) mass is 241 g/mol. The van der Waals surface area contributed by atoms with Crippen LogP contribution in [-0.2, 0) is 12.3 Å². The summed E-state index contributed by atoms with van der Waals surface area (Å²) in [5, 5.41) is 17.2. The minimum atomic E-state index is -2.76. The van der Waals surface area contributed by atoms with E-state index in [9.17, 15) is 8.78 Å². The van der Waals surface area contributed by atoms with E-state index in [0.29, 0.717) is 0 Å². The van der Waals surface area contributed by atoms with Gasteiger partial charge in [-0.15, -0.1) is 11.6 Å². The van der Waals surface area contributed by atoms with Gasteiger partial charge in [0, 0.05) is 5.88 Å². The van der Waals surface area contributed by atoms with Gasteiger partial charge in [0.05, 0.1) is 23.7 Å². The van der Waals surface area contributed by atoms with Crippen molar-refractivity contribution < 1.29 is 8.78 Å². The molecule has 1 aromatic rings. The molecule has 1 aromatic heterocycles. The van der Waals surface area contributed by atoms with Gasteiger partial charge < -0.3 is 0 Å². The predicted molar refractivity (Wildman–Crippen MR) is 52.8 cm³/mol. The summed E-state index contributed by atoms with van der Waals surface area (Å²) in [7, 11) is 0. The van der Waals surface area contributed by atoms with Crippen LogP contribution in [0.1, 0.15) is 28.9 Å². The maximum Gasteiger partial charge on any atom is 0.280 e. The standard InChI is InChI=1S/C10H6ClF2N3/c11-4-6-3-7(5-15)8(1-2-14)16-9(6)10(12)13/h3,10H,1,4H2. The first-order chi connectivity index (χ1) is 7.63. The normalized spacial score (nSPS) is 9.88. The Labute approximate surface area is 95.9 Å². The number of aromatic nitrogens is 1. The minimum Gasteiger partial charge on any atom is -0.249 e. The first kappa shape index (κ1) is 12.4. The van der Waals surface area contributed by atoms with Crippen LogP contribution in [0.3, 0.4) is 0 Å². The number of pyridine rings is 1. The molecule has 0 bridgehead atoms. The van der Waals surface area contributed by atoms with Crippen molar-refractivity contribution >= 4 is 11.6 Å². The van der Waals surface area contributed by atoms with Gasteiger partial charge in [0.1, 0.15) is 11.8 Å². The molecule has 1 heterocycles. The molecule has 0 fully saturated rings. The summed E-state index contributed by atoms with van der Waals surface area (Å²) in [5.74, 6) is -0.145. The van der Waals surface area contributed by atoms with Crippen molar-refractivity contribution in [1.82, 2.24) is 4.98 Å². The van der Waals surface area contributed by atoms with Crippen molar-refractivity contribution in [3.05, 3.63) is 28.6 Å². The van der Waals surface area contributed by atoms with Crippen LogP contribution in [0.5, 0.6) is 0 Å². The average molecular weight is 242 g/mol. The summed E-state index contributed by atoms with van der Waals surface area (Å²) in [6.45, 7) is 0. The van der Waals surface area contributed by atoms with Crippen LogP contribution in [0.15, 0.2) is 6.07 Å². The molecule has 0 radical (unpaired) electrons. The molecule has 0 atom stereocenters. The lowest BCUT2D eigenvalue weighted by Crippen LogP contribution is -2.04. The molecule has 6 heteroatoms. The largest absolute Gasteiger partial charge is 0.280 e. The van der Waals surface area contributed by atoms with Gasteiger partial charge in [0.2, 0.25) is 0 Å². The van der Waals surface area contributed by atoms with Gasteiger partial charge in [-0.25, -0.2) is 13.8 Å². The molecule has 1 rings (SSSR count). The van der Waals surface area contributed by atoms with Crippen molar-refractivity contribution in [2.75, 3.05) is 0 Å². The summed E-state index contributed by atoms with van der Waals surface area (Å²) in [5.41, 5.74) is -0.162. The molecular formula is C10H6ClF2N3. The zero-order valence-corrected chi connectivity index (χ0v) is 8.80. The Morgan fingerprint density at radius 2 is 2.12 bits per heavy atom. The smallest absolute Gasteiger partial charge is 0.249 e. The highest BCUT2D eigenvalue weighted by molar-refractivity contribution is 6.17. The molecule has 0 saturated heterocycles. The molecular weight excluding hydrogens is 236 g/mol. The first-order valence-electron chi connectivity index (χ1n) is 4.27. The quantitative estimate of drug-likeness (QED) is 0.765. The molecule has 0 aromatic carbocycles. The molecule has 0 unspecified atom stereocenters. The van der Waals surface area contributed by atoms with Crippen molar-refractivity contribution in [3.8, 4) is 12.1 Å². The average Bonchev–Trinajstić information content (AvgIpc) is 2.28. The SMILES string of the molecule is N#CCc1nc(C(F)F)c(CCl)cc1C#N. The number of nitrogens with zero attached hydrogens (tertiary/aromatic N) is 3. The number of hydrogen-bond acceptors (Lipinski definition) is 3. The third-order valence-corrected chi connectivity index (χ3v) is 2.22. The van der Waals surface area contributed by atoms with Crippen LogP contribution >= 0.6 is 11.6 Å². The Morgan fingerprint density at radius 1 is 1.44 bits per heavy atom. The van der Waals surface area contributed by atoms with Gasteiger partial charge in [-0.1, -0.05) is 0 Å². The predicted octanol–water partition coefficient (Wildman–Crippen LogP) is 2.70. The first-order valence-corrected chi connectivity index (χ1v) is 4.81. The van der Waals surface area contributed by atoms with E-state index in [2.05, 4.69) is 4.98 Å². The van der Waals surface area contributed by atoms with Gasteiger partial charge in [-0.2, -0.15) is 10.5 Å². The van der Waals surface area contributed by atoms with Crippen LogP contribution in [0.4, 0.5) is 8.78 Å². The van der Waals surface area contributed by atoms with E-state index in [0.717, 1.165) is 0 Å². The van der Waals surface area contributed by atoms with E-state index in [1.165, 1.54) is 6.07 Å². The van der Waals surface area contributed by atoms with Gasteiger partial charge in [-0.05, 0) is 11.6 Å². The molecule has 0 saturated carbocycles. The minimum absolute atomic E-state index is 0.0640. The maximum atomic E-state index is 12.6. The van der Waals surface area contributed by atoms with E-state index in [1.807, 2.05) is 0 Å². The number of rotatable bonds is 3. The Morgan fingerprint density at radius 3 is 2.56 bits per heavy atom. The lowest BCUT2D eigenvalue weighted by molar-refractivity contribution is 0.145. The molecule has 0 aliphatic rings. The van der Waals surface area contributed by atoms with Crippen LogP contribution in [-0.4, -0.2) is 4.98 Å². The zero-order chi connectivity index (χ0) is 12.1. The summed E-state index contributed by atoms with van der Waals surface area (Å²) in [6.07, 6.45) is -2.94. The van der Waals surface area contributed by atoms with Crippen LogP contribution in [0.2, 0.25) is 0 Å². The fourth-order valence-corrected chi connectivity index (χ4v) is 1.43. The summed E-state index contributed by atoms with van der Waals surface area (Å²) in [6, 6.07) is 4.83. The summed E-state index contributed by atoms with van der Waals surface area (Å²) in [4.78, 5) is 3.62. The molecule has 16 heavy (non-hydrogen) atoms. The van der Waals surface area contributed by atoms with E-state index >= 15 is 0 Å². The Bertz CT molecular complexity index is 474. The third kappa shape index (κ3) is 2.44. The van der Waals surface area contributed by atoms with Crippen molar-refractivity contribution in [3.63, 3.8) is 0 Å². The maximum absolute atomic E-state index is 12.6. The van der Waals surface area contributed by atoms with Gasteiger partial charge in [0.25, 0.3) is 6.43 Å².